The molecule has 1 aliphatic rings. The Morgan fingerprint density at radius 3 is 2.96 bits per heavy atom. The number of nitrogens with zero attached hydrogens (tertiary/aromatic N) is 1. The first-order valence-corrected chi connectivity index (χ1v) is 8.23. The average molecular weight is 377 g/mol. The SMILES string of the molecule is O=C(NCc1cccc(Br)c1)[C@@H]1CC(=O)N(Cc2ccco2)C1. The molecule has 1 fully saturated rings. The van der Waals surface area contributed by atoms with Crippen LogP contribution in [-0.4, -0.2) is 23.3 Å². The average Bonchev–Trinajstić information content (AvgIpc) is 3.16. The van der Waals surface area contributed by atoms with Crippen molar-refractivity contribution in [2.24, 2.45) is 5.92 Å². The summed E-state index contributed by atoms with van der Waals surface area (Å²) in [7, 11) is 0. The maximum atomic E-state index is 12.3. The first kappa shape index (κ1) is 15.8. The van der Waals surface area contributed by atoms with Gasteiger partial charge < -0.3 is 14.6 Å². The van der Waals surface area contributed by atoms with E-state index in [1.807, 2.05) is 30.3 Å². The van der Waals surface area contributed by atoms with Crippen molar-refractivity contribution >= 4 is 27.7 Å². The van der Waals surface area contributed by atoms with Crippen LogP contribution in [0, 0.1) is 5.92 Å². The van der Waals surface area contributed by atoms with Crippen molar-refractivity contribution in [3.63, 3.8) is 0 Å². The number of benzene rings is 1. The highest BCUT2D eigenvalue weighted by Gasteiger charge is 2.34. The van der Waals surface area contributed by atoms with Gasteiger partial charge >= 0.3 is 0 Å². The molecule has 0 unspecified atom stereocenters. The Balaban J connectivity index is 1.53. The molecule has 0 bridgehead atoms. The van der Waals surface area contributed by atoms with Crippen LogP contribution in [0.15, 0.2) is 51.6 Å². The van der Waals surface area contributed by atoms with Gasteiger partial charge in [-0.25, -0.2) is 0 Å². The molecule has 2 aromatic rings. The lowest BCUT2D eigenvalue weighted by molar-refractivity contribution is -0.129. The van der Waals surface area contributed by atoms with Crippen molar-refractivity contribution in [2.45, 2.75) is 19.5 Å². The van der Waals surface area contributed by atoms with Crippen molar-refractivity contribution in [3.05, 3.63) is 58.5 Å². The molecule has 1 aliphatic heterocycles. The van der Waals surface area contributed by atoms with E-state index in [-0.39, 0.29) is 24.2 Å². The van der Waals surface area contributed by atoms with Gasteiger partial charge in [0.1, 0.15) is 5.76 Å². The second kappa shape index (κ2) is 7.00. The molecule has 0 saturated carbocycles. The molecular weight excluding hydrogens is 360 g/mol. The Morgan fingerprint density at radius 1 is 1.35 bits per heavy atom. The van der Waals surface area contributed by atoms with E-state index in [4.69, 9.17) is 4.42 Å². The first-order chi connectivity index (χ1) is 11.1. The molecule has 2 heterocycles. The van der Waals surface area contributed by atoms with Gasteiger partial charge in [-0.3, -0.25) is 9.59 Å². The Labute approximate surface area is 142 Å². The number of carbonyl (C=O) groups is 2. The third-order valence-electron chi connectivity index (χ3n) is 3.87. The van der Waals surface area contributed by atoms with Crippen LogP contribution in [0.25, 0.3) is 0 Å². The van der Waals surface area contributed by atoms with E-state index >= 15 is 0 Å². The molecule has 23 heavy (non-hydrogen) atoms. The summed E-state index contributed by atoms with van der Waals surface area (Å²) in [6.07, 6.45) is 1.84. The van der Waals surface area contributed by atoms with Gasteiger partial charge in [-0.05, 0) is 29.8 Å². The maximum absolute atomic E-state index is 12.3. The topological polar surface area (TPSA) is 62.6 Å². The number of halogens is 1. The van der Waals surface area contributed by atoms with Crippen molar-refractivity contribution < 1.29 is 14.0 Å². The molecule has 1 N–H and O–H groups in total. The highest BCUT2D eigenvalue weighted by atomic mass is 79.9. The molecule has 120 valence electrons. The number of nitrogens with one attached hydrogen (secondary N) is 1. The van der Waals surface area contributed by atoms with Crippen molar-refractivity contribution in [1.82, 2.24) is 10.2 Å². The van der Waals surface area contributed by atoms with Gasteiger partial charge in [0.05, 0.1) is 18.7 Å². The van der Waals surface area contributed by atoms with Crippen LogP contribution in [0.2, 0.25) is 0 Å². The summed E-state index contributed by atoms with van der Waals surface area (Å²) in [5.74, 6) is 0.336. The number of carbonyl (C=O) groups excluding carboxylic acids is 2. The number of rotatable bonds is 5. The fourth-order valence-corrected chi connectivity index (χ4v) is 3.12. The predicted molar refractivity (Wildman–Crippen MR) is 88.2 cm³/mol. The van der Waals surface area contributed by atoms with Crippen molar-refractivity contribution in [2.75, 3.05) is 6.54 Å². The summed E-state index contributed by atoms with van der Waals surface area (Å²) in [6, 6.07) is 11.4. The van der Waals surface area contributed by atoms with Crippen LogP contribution in [0.4, 0.5) is 0 Å². The molecule has 1 aromatic carbocycles. The zero-order valence-electron chi connectivity index (χ0n) is 12.5. The van der Waals surface area contributed by atoms with E-state index in [9.17, 15) is 9.59 Å². The lowest BCUT2D eigenvalue weighted by atomic mass is 10.1. The molecule has 3 rings (SSSR count). The van der Waals surface area contributed by atoms with Gasteiger partial charge in [0.15, 0.2) is 0 Å². The normalized spacial score (nSPS) is 17.5. The van der Waals surface area contributed by atoms with E-state index in [0.717, 1.165) is 15.8 Å². The Hall–Kier alpha value is -2.08. The zero-order chi connectivity index (χ0) is 16.2. The lowest BCUT2D eigenvalue weighted by Crippen LogP contribution is -2.32. The number of amides is 2. The molecule has 6 heteroatoms. The molecule has 2 amide bonds. The van der Waals surface area contributed by atoms with Gasteiger partial charge in [-0.2, -0.15) is 0 Å². The summed E-state index contributed by atoms with van der Waals surface area (Å²) in [6.45, 7) is 1.31. The monoisotopic (exact) mass is 376 g/mol. The van der Waals surface area contributed by atoms with Crippen LogP contribution in [0.1, 0.15) is 17.7 Å². The predicted octanol–water partition coefficient (Wildman–Crippen LogP) is 2.71. The van der Waals surface area contributed by atoms with E-state index in [1.165, 1.54) is 0 Å². The number of likely N-dealkylation sites (tertiary alicyclic amines) is 1. The van der Waals surface area contributed by atoms with E-state index in [1.54, 1.807) is 17.2 Å². The molecular formula is C17H17BrN2O3. The summed E-state index contributed by atoms with van der Waals surface area (Å²) in [5.41, 5.74) is 1.02. The van der Waals surface area contributed by atoms with Crippen LogP contribution < -0.4 is 5.32 Å². The van der Waals surface area contributed by atoms with E-state index in [2.05, 4.69) is 21.2 Å². The van der Waals surface area contributed by atoms with Gasteiger partial charge in [0.2, 0.25) is 11.8 Å². The van der Waals surface area contributed by atoms with Gasteiger partial charge in [-0.1, -0.05) is 28.1 Å². The van der Waals surface area contributed by atoms with Gasteiger partial charge in [-0.15, -0.1) is 0 Å². The Bertz CT molecular complexity index is 700. The van der Waals surface area contributed by atoms with Crippen LogP contribution in [-0.2, 0) is 22.7 Å². The van der Waals surface area contributed by atoms with Crippen LogP contribution in [0.5, 0.6) is 0 Å². The fraction of sp³-hybridized carbons (Fsp3) is 0.294. The standard InChI is InChI=1S/C17H17BrN2O3/c18-14-4-1-3-12(7-14)9-19-17(22)13-8-16(21)20(10-13)11-15-5-2-6-23-15/h1-7,13H,8-11H2,(H,19,22)/t13-/m1/s1. The molecule has 5 nitrogen and oxygen atoms in total. The van der Waals surface area contributed by atoms with Gasteiger partial charge in [0.25, 0.3) is 0 Å². The molecule has 0 radical (unpaired) electrons. The molecule has 1 atom stereocenters. The van der Waals surface area contributed by atoms with Crippen molar-refractivity contribution in [3.8, 4) is 0 Å². The highest BCUT2D eigenvalue weighted by Crippen LogP contribution is 2.21. The summed E-state index contributed by atoms with van der Waals surface area (Å²) < 4.78 is 6.23. The summed E-state index contributed by atoms with van der Waals surface area (Å²) in [5, 5.41) is 2.91. The second-order valence-corrected chi connectivity index (χ2v) is 6.52. The maximum Gasteiger partial charge on any atom is 0.225 e. The van der Waals surface area contributed by atoms with Crippen LogP contribution in [0.3, 0.4) is 0 Å². The summed E-state index contributed by atoms with van der Waals surface area (Å²) >= 11 is 3.41. The van der Waals surface area contributed by atoms with Crippen LogP contribution >= 0.6 is 15.9 Å². The largest absolute Gasteiger partial charge is 0.467 e. The number of hydrogen-bond acceptors (Lipinski definition) is 3. The minimum atomic E-state index is -0.301. The highest BCUT2D eigenvalue weighted by molar-refractivity contribution is 9.10. The molecule has 0 aliphatic carbocycles. The number of furan rings is 1. The van der Waals surface area contributed by atoms with E-state index < -0.39 is 0 Å². The Kier molecular flexibility index (Phi) is 4.81. The summed E-state index contributed by atoms with van der Waals surface area (Å²) in [4.78, 5) is 26.0. The van der Waals surface area contributed by atoms with Crippen molar-refractivity contribution in [1.29, 1.82) is 0 Å². The second-order valence-electron chi connectivity index (χ2n) is 5.60. The minimum absolute atomic E-state index is 0.0102. The molecule has 1 aromatic heterocycles. The quantitative estimate of drug-likeness (QED) is 0.872. The lowest BCUT2D eigenvalue weighted by Gasteiger charge is -2.15. The molecule has 0 spiro atoms. The van der Waals surface area contributed by atoms with Gasteiger partial charge in [0, 0.05) is 24.0 Å². The Morgan fingerprint density at radius 2 is 2.22 bits per heavy atom. The first-order valence-electron chi connectivity index (χ1n) is 7.44. The van der Waals surface area contributed by atoms with E-state index in [0.29, 0.717) is 19.6 Å². The number of hydrogen-bond donors (Lipinski definition) is 1. The zero-order valence-corrected chi connectivity index (χ0v) is 14.1. The minimum Gasteiger partial charge on any atom is -0.467 e. The molecule has 1 saturated heterocycles. The smallest absolute Gasteiger partial charge is 0.225 e. The third kappa shape index (κ3) is 4.01. The fourth-order valence-electron chi connectivity index (χ4n) is 2.67. The third-order valence-corrected chi connectivity index (χ3v) is 4.36.